The second-order valence-corrected chi connectivity index (χ2v) is 12.6. The van der Waals surface area contributed by atoms with Crippen LogP contribution in [0.5, 0.6) is 5.75 Å². The zero-order valence-corrected chi connectivity index (χ0v) is 28.7. The van der Waals surface area contributed by atoms with Crippen molar-refractivity contribution in [1.29, 1.82) is 0 Å². The Balaban J connectivity index is 2.23. The van der Waals surface area contributed by atoms with Crippen LogP contribution in [0, 0.1) is 11.8 Å². The van der Waals surface area contributed by atoms with Crippen LogP contribution in [0.3, 0.4) is 0 Å². The van der Waals surface area contributed by atoms with Gasteiger partial charge in [-0.15, -0.1) is 0 Å². The van der Waals surface area contributed by atoms with Crippen LogP contribution >= 0.6 is 0 Å². The van der Waals surface area contributed by atoms with Crippen molar-refractivity contribution >= 4 is 23.7 Å². The lowest BCUT2D eigenvalue weighted by atomic mass is 9.94. The molecule has 0 saturated carbocycles. The van der Waals surface area contributed by atoms with Crippen molar-refractivity contribution in [2.45, 2.75) is 117 Å². The normalized spacial score (nSPS) is 19.4. The summed E-state index contributed by atoms with van der Waals surface area (Å²) in [4.78, 5) is 53.6. The van der Waals surface area contributed by atoms with Crippen LogP contribution in [0.25, 0.3) is 0 Å². The number of allylic oxidation sites excluding steroid dienone is 2. The minimum Gasteiger partial charge on any atom is -0.508 e. The molecule has 3 amide bonds. The number of ether oxygens (including phenoxy) is 1. The summed E-state index contributed by atoms with van der Waals surface area (Å²) in [5, 5.41) is 37.5. The Morgan fingerprint density at radius 3 is 2.43 bits per heavy atom. The van der Waals surface area contributed by atoms with E-state index in [2.05, 4.69) is 16.1 Å². The predicted octanol–water partition coefficient (Wildman–Crippen LogP) is 2.67. The van der Waals surface area contributed by atoms with Crippen LogP contribution in [-0.2, 0) is 30.3 Å². The predicted molar refractivity (Wildman–Crippen MR) is 179 cm³/mol. The molecule has 1 heterocycles. The van der Waals surface area contributed by atoms with Crippen molar-refractivity contribution in [3.8, 4) is 5.75 Å². The molecular weight excluding hydrogens is 604 g/mol. The first kappa shape index (κ1) is 39.4. The number of aliphatic hydroxyl groups excluding tert-OH is 2. The van der Waals surface area contributed by atoms with Crippen molar-refractivity contribution in [1.82, 2.24) is 21.1 Å². The first-order chi connectivity index (χ1) is 22.2. The highest BCUT2D eigenvalue weighted by Crippen LogP contribution is 2.19. The van der Waals surface area contributed by atoms with Gasteiger partial charge in [0.2, 0.25) is 11.8 Å². The molecule has 0 bridgehead atoms. The first-order valence-corrected chi connectivity index (χ1v) is 16.5. The van der Waals surface area contributed by atoms with E-state index in [0.29, 0.717) is 31.4 Å². The summed E-state index contributed by atoms with van der Waals surface area (Å²) < 4.78 is 5.74. The number of nitrogens with zero attached hydrogens (tertiary/aromatic N) is 1. The molecular formula is C35H54N4O8. The number of nitrogens with one attached hydrogen (secondary N) is 3. The first-order valence-electron chi connectivity index (χ1n) is 16.5. The summed E-state index contributed by atoms with van der Waals surface area (Å²) in [7, 11) is 0. The molecule has 1 aromatic carbocycles. The molecule has 1 fully saturated rings. The maximum absolute atomic E-state index is 14.0. The van der Waals surface area contributed by atoms with Crippen molar-refractivity contribution in [3.63, 3.8) is 0 Å². The van der Waals surface area contributed by atoms with Gasteiger partial charge in [0.25, 0.3) is 5.91 Å². The molecule has 1 unspecified atom stereocenters. The topological polar surface area (TPSA) is 178 Å². The number of carbonyl (C=O) groups excluding carboxylic acids is 4. The summed E-state index contributed by atoms with van der Waals surface area (Å²) in [5.74, 6) is -3.15. The number of aromatic hydroxyl groups is 1. The maximum Gasteiger partial charge on any atom is 0.325 e. The Morgan fingerprint density at radius 1 is 1.13 bits per heavy atom. The molecule has 1 saturated heterocycles. The van der Waals surface area contributed by atoms with Gasteiger partial charge in [0.05, 0.1) is 18.6 Å². The molecule has 12 heteroatoms. The standard InChI is InChI=1S/C35H54N4O8/c1-8-13-28(41)23(7)29(42)20-31(43)37-32(21(4)5)33(44)36-27(19-24-14-11-15-25(40)18-24)34(45)39-17-12-16-26(38-39)35(46)47-30(10-3)22(6)9-2/h8-9,11,13-15,18,21,23,26-30,32,38,40-42H,10,12,16-17,19-20H2,1-7H3,(H,36,44)(H,37,43)/b13-8+,22-9+/t23?,26-,27-,28+,29-,30-,32-/m0/s1. The van der Waals surface area contributed by atoms with Crippen LogP contribution < -0.4 is 16.1 Å². The van der Waals surface area contributed by atoms with Gasteiger partial charge in [0.15, 0.2) is 0 Å². The van der Waals surface area contributed by atoms with E-state index in [9.17, 15) is 34.5 Å². The molecule has 262 valence electrons. The fourth-order valence-electron chi connectivity index (χ4n) is 5.33. The van der Waals surface area contributed by atoms with Gasteiger partial charge in [-0.05, 0) is 69.2 Å². The summed E-state index contributed by atoms with van der Waals surface area (Å²) >= 11 is 0. The molecule has 2 rings (SSSR count). The van der Waals surface area contributed by atoms with E-state index in [4.69, 9.17) is 4.74 Å². The van der Waals surface area contributed by atoms with E-state index in [1.54, 1.807) is 45.9 Å². The zero-order chi connectivity index (χ0) is 35.3. The number of amides is 3. The molecule has 47 heavy (non-hydrogen) atoms. The highest BCUT2D eigenvalue weighted by molar-refractivity contribution is 5.92. The zero-order valence-electron chi connectivity index (χ0n) is 28.7. The number of hydrogen-bond donors (Lipinski definition) is 6. The molecule has 7 atom stereocenters. The van der Waals surface area contributed by atoms with E-state index < -0.39 is 59.9 Å². The Hall–Kier alpha value is -3.74. The molecule has 12 nitrogen and oxygen atoms in total. The molecule has 0 aromatic heterocycles. The van der Waals surface area contributed by atoms with E-state index in [0.717, 1.165) is 5.57 Å². The van der Waals surface area contributed by atoms with Gasteiger partial charge in [0.1, 0.15) is 30.0 Å². The average Bonchev–Trinajstić information content (AvgIpc) is 3.04. The Labute approximate surface area is 278 Å². The van der Waals surface area contributed by atoms with E-state index >= 15 is 0 Å². The Kier molecular flexibility index (Phi) is 16.1. The number of benzene rings is 1. The number of hydrazine groups is 1. The van der Waals surface area contributed by atoms with Gasteiger partial charge in [-0.3, -0.25) is 24.2 Å². The SMILES string of the molecule is C/C=C/[C@@H](O)C(C)[C@@H](O)CC(=O)N[C@H](C(=O)N[C@@H](Cc1cccc(O)c1)C(=O)N1CCC[C@@H](C(=O)O[C@@H](CC)/C(C)=C/C)N1)C(C)C. The third-order valence-electron chi connectivity index (χ3n) is 8.49. The highest BCUT2D eigenvalue weighted by atomic mass is 16.5. The fourth-order valence-corrected chi connectivity index (χ4v) is 5.33. The van der Waals surface area contributed by atoms with Crippen LogP contribution in [0.4, 0.5) is 0 Å². The lowest BCUT2D eigenvalue weighted by molar-refractivity contribution is -0.156. The van der Waals surface area contributed by atoms with Gasteiger partial charge < -0.3 is 30.7 Å². The monoisotopic (exact) mass is 658 g/mol. The van der Waals surface area contributed by atoms with Crippen LogP contribution in [-0.4, -0.2) is 87.0 Å². The third kappa shape index (κ3) is 12.1. The van der Waals surface area contributed by atoms with Crippen LogP contribution in [0.15, 0.2) is 48.1 Å². The minimum atomic E-state index is -1.16. The number of carbonyl (C=O) groups is 4. The smallest absolute Gasteiger partial charge is 0.325 e. The second kappa shape index (κ2) is 19.2. The van der Waals surface area contributed by atoms with Crippen molar-refractivity contribution < 1.29 is 39.2 Å². The fraction of sp³-hybridized carbons (Fsp3) is 0.600. The summed E-state index contributed by atoms with van der Waals surface area (Å²) in [6.07, 6.45) is 3.90. The van der Waals surface area contributed by atoms with Gasteiger partial charge in [-0.1, -0.05) is 58.1 Å². The number of esters is 1. The Morgan fingerprint density at radius 2 is 1.83 bits per heavy atom. The quantitative estimate of drug-likeness (QED) is 0.115. The van der Waals surface area contributed by atoms with Gasteiger partial charge in [0, 0.05) is 18.9 Å². The highest BCUT2D eigenvalue weighted by Gasteiger charge is 2.36. The van der Waals surface area contributed by atoms with Crippen LogP contribution in [0.2, 0.25) is 0 Å². The molecule has 1 aromatic rings. The van der Waals surface area contributed by atoms with Crippen molar-refractivity contribution in [3.05, 3.63) is 53.6 Å². The number of aliphatic hydroxyl groups is 2. The van der Waals surface area contributed by atoms with Crippen molar-refractivity contribution in [2.24, 2.45) is 11.8 Å². The summed E-state index contributed by atoms with van der Waals surface area (Å²) in [6.45, 7) is 12.8. The average molecular weight is 659 g/mol. The summed E-state index contributed by atoms with van der Waals surface area (Å²) in [6, 6.07) is 3.44. The van der Waals surface area contributed by atoms with Gasteiger partial charge in [-0.25, -0.2) is 5.43 Å². The van der Waals surface area contributed by atoms with Gasteiger partial charge in [-0.2, -0.15) is 0 Å². The number of phenolic OH excluding ortho intramolecular Hbond substituents is 1. The summed E-state index contributed by atoms with van der Waals surface area (Å²) in [5.41, 5.74) is 4.51. The lowest BCUT2D eigenvalue weighted by Gasteiger charge is -2.36. The van der Waals surface area contributed by atoms with E-state index in [-0.39, 0.29) is 30.6 Å². The van der Waals surface area contributed by atoms with Crippen molar-refractivity contribution in [2.75, 3.05) is 6.54 Å². The number of rotatable bonds is 16. The number of hydrogen-bond acceptors (Lipinski definition) is 9. The van der Waals surface area contributed by atoms with Crippen LogP contribution in [0.1, 0.15) is 79.7 Å². The molecule has 6 N–H and O–H groups in total. The Bertz CT molecular complexity index is 1270. The molecule has 1 aliphatic heterocycles. The van der Waals surface area contributed by atoms with Gasteiger partial charge >= 0.3 is 5.97 Å². The lowest BCUT2D eigenvalue weighted by Crippen LogP contribution is -2.62. The molecule has 1 aliphatic rings. The van der Waals surface area contributed by atoms with E-state index in [1.165, 1.54) is 23.2 Å². The second-order valence-electron chi connectivity index (χ2n) is 12.6. The van der Waals surface area contributed by atoms with E-state index in [1.807, 2.05) is 26.8 Å². The molecule has 0 radical (unpaired) electrons. The third-order valence-corrected chi connectivity index (χ3v) is 8.49. The minimum absolute atomic E-state index is 0.000449. The maximum atomic E-state index is 14.0. The largest absolute Gasteiger partial charge is 0.508 e. The molecule has 0 spiro atoms. The number of phenols is 1. The molecule has 0 aliphatic carbocycles.